The number of hydrogen-bond acceptors (Lipinski definition) is 3. The molecule has 0 spiro atoms. The number of carbonyl (C=O) groups excluding carboxylic acids is 2. The molecule has 2 aromatic rings. The minimum Gasteiger partial charge on any atom is -0.484 e. The van der Waals surface area contributed by atoms with Crippen LogP contribution in [0.15, 0.2) is 48.5 Å². The van der Waals surface area contributed by atoms with E-state index in [4.69, 9.17) is 4.74 Å². The lowest BCUT2D eigenvalue weighted by Gasteiger charge is -2.24. The minimum atomic E-state index is -1.05. The smallest absolute Gasteiger partial charge is 0.260 e. The minimum absolute atomic E-state index is 0.0296. The van der Waals surface area contributed by atoms with Gasteiger partial charge >= 0.3 is 0 Å². The third kappa shape index (κ3) is 4.50. The highest BCUT2D eigenvalue weighted by Crippen LogP contribution is 2.28. The Morgan fingerprint density at radius 1 is 1.11 bits per heavy atom. The van der Waals surface area contributed by atoms with Crippen molar-refractivity contribution in [3.8, 4) is 5.75 Å². The van der Waals surface area contributed by atoms with Gasteiger partial charge in [0.1, 0.15) is 11.6 Å². The molecule has 6 heteroatoms. The molecule has 1 aliphatic rings. The summed E-state index contributed by atoms with van der Waals surface area (Å²) < 4.78 is 19.7. The Morgan fingerprint density at radius 2 is 1.82 bits per heavy atom. The van der Waals surface area contributed by atoms with Crippen LogP contribution in [-0.2, 0) is 15.0 Å². The van der Waals surface area contributed by atoms with Crippen molar-refractivity contribution in [2.75, 3.05) is 25.0 Å². The summed E-state index contributed by atoms with van der Waals surface area (Å²) in [4.78, 5) is 26.7. The van der Waals surface area contributed by atoms with E-state index in [2.05, 4.69) is 5.32 Å². The summed E-state index contributed by atoms with van der Waals surface area (Å²) in [5.74, 6) is -0.287. The predicted molar refractivity (Wildman–Crippen MR) is 106 cm³/mol. The van der Waals surface area contributed by atoms with E-state index >= 15 is 0 Å². The molecule has 0 radical (unpaired) electrons. The van der Waals surface area contributed by atoms with Crippen molar-refractivity contribution < 1.29 is 18.7 Å². The molecule has 0 aliphatic carbocycles. The zero-order valence-corrected chi connectivity index (χ0v) is 16.2. The zero-order valence-electron chi connectivity index (χ0n) is 16.2. The fourth-order valence-electron chi connectivity index (χ4n) is 3.24. The lowest BCUT2D eigenvalue weighted by Crippen LogP contribution is -2.35. The Morgan fingerprint density at radius 3 is 2.54 bits per heavy atom. The van der Waals surface area contributed by atoms with Crippen LogP contribution in [0.2, 0.25) is 0 Å². The van der Waals surface area contributed by atoms with Crippen LogP contribution in [0.25, 0.3) is 0 Å². The van der Waals surface area contributed by atoms with Gasteiger partial charge in [0.2, 0.25) is 5.91 Å². The molecule has 0 atom stereocenters. The van der Waals surface area contributed by atoms with Crippen molar-refractivity contribution in [1.82, 2.24) is 4.90 Å². The third-order valence-electron chi connectivity index (χ3n) is 5.03. The second-order valence-electron chi connectivity index (χ2n) is 7.46. The number of hydrogen-bond donors (Lipinski definition) is 1. The van der Waals surface area contributed by atoms with Crippen LogP contribution in [0.5, 0.6) is 5.75 Å². The highest BCUT2D eigenvalue weighted by molar-refractivity contribution is 5.98. The summed E-state index contributed by atoms with van der Waals surface area (Å²) in [7, 11) is 0. The van der Waals surface area contributed by atoms with Crippen LogP contribution < -0.4 is 10.1 Å². The molecule has 0 saturated carbocycles. The van der Waals surface area contributed by atoms with E-state index in [1.165, 1.54) is 6.07 Å². The van der Waals surface area contributed by atoms with Crippen LogP contribution in [0.3, 0.4) is 0 Å². The maximum atomic E-state index is 14.1. The largest absolute Gasteiger partial charge is 0.484 e. The van der Waals surface area contributed by atoms with Gasteiger partial charge in [0, 0.05) is 30.4 Å². The summed E-state index contributed by atoms with van der Waals surface area (Å²) >= 11 is 0. The molecule has 2 aromatic carbocycles. The van der Waals surface area contributed by atoms with Crippen molar-refractivity contribution in [1.29, 1.82) is 0 Å². The molecule has 1 fully saturated rings. The van der Waals surface area contributed by atoms with Gasteiger partial charge in [-0.3, -0.25) is 9.59 Å². The van der Waals surface area contributed by atoms with Gasteiger partial charge in [-0.25, -0.2) is 4.39 Å². The first-order valence-electron chi connectivity index (χ1n) is 9.45. The number of halogens is 1. The Labute approximate surface area is 164 Å². The number of nitrogens with zero attached hydrogens (tertiary/aromatic N) is 1. The quantitative estimate of drug-likeness (QED) is 0.825. The van der Waals surface area contributed by atoms with Gasteiger partial charge in [0.25, 0.3) is 5.91 Å². The molecule has 1 aliphatic heterocycles. The molecule has 3 rings (SSSR count). The normalized spacial score (nSPS) is 14.0. The van der Waals surface area contributed by atoms with Gasteiger partial charge in [0.05, 0.1) is 5.41 Å². The number of anilines is 1. The lowest BCUT2D eigenvalue weighted by molar-refractivity contribution is -0.132. The first kappa shape index (κ1) is 19.9. The van der Waals surface area contributed by atoms with E-state index in [1.807, 2.05) is 0 Å². The van der Waals surface area contributed by atoms with E-state index in [0.29, 0.717) is 17.0 Å². The number of ether oxygens (including phenoxy) is 1. The fourth-order valence-corrected chi connectivity index (χ4v) is 3.24. The molecule has 1 N–H and O–H groups in total. The molecule has 28 heavy (non-hydrogen) atoms. The maximum absolute atomic E-state index is 14.1. The summed E-state index contributed by atoms with van der Waals surface area (Å²) in [5.41, 5.74) is -0.190. The van der Waals surface area contributed by atoms with Gasteiger partial charge < -0.3 is 15.0 Å². The van der Waals surface area contributed by atoms with Crippen LogP contribution in [0.1, 0.15) is 32.3 Å². The molecular weight excluding hydrogens is 359 g/mol. The predicted octanol–water partition coefficient (Wildman–Crippen LogP) is 3.74. The first-order chi connectivity index (χ1) is 13.4. The molecule has 1 heterocycles. The number of nitrogens with one attached hydrogen (secondary N) is 1. The van der Waals surface area contributed by atoms with Gasteiger partial charge in [-0.1, -0.05) is 24.3 Å². The van der Waals surface area contributed by atoms with Crippen LogP contribution >= 0.6 is 0 Å². The van der Waals surface area contributed by atoms with Crippen LogP contribution in [0, 0.1) is 5.82 Å². The number of benzene rings is 2. The van der Waals surface area contributed by atoms with Gasteiger partial charge in [0.15, 0.2) is 6.61 Å². The van der Waals surface area contributed by atoms with E-state index in [0.717, 1.165) is 25.9 Å². The number of amides is 2. The SMILES string of the molecule is CC(C)(C(=O)Nc1cccc(OCC(=O)N2CCCC2)c1)c1ccccc1F. The van der Waals surface area contributed by atoms with Gasteiger partial charge in [-0.15, -0.1) is 0 Å². The zero-order chi connectivity index (χ0) is 20.1. The molecule has 0 bridgehead atoms. The van der Waals surface area contributed by atoms with Crippen molar-refractivity contribution in [2.24, 2.45) is 0 Å². The van der Waals surface area contributed by atoms with E-state index in [-0.39, 0.29) is 18.4 Å². The Kier molecular flexibility index (Phi) is 5.97. The van der Waals surface area contributed by atoms with Crippen molar-refractivity contribution >= 4 is 17.5 Å². The lowest BCUT2D eigenvalue weighted by atomic mass is 9.83. The number of rotatable bonds is 6. The second kappa shape index (κ2) is 8.42. The van der Waals surface area contributed by atoms with Crippen LogP contribution in [0.4, 0.5) is 10.1 Å². The van der Waals surface area contributed by atoms with Gasteiger partial charge in [-0.05, 0) is 44.9 Å². The van der Waals surface area contributed by atoms with Crippen molar-refractivity contribution in [2.45, 2.75) is 32.1 Å². The molecule has 0 aromatic heterocycles. The number of likely N-dealkylation sites (tertiary alicyclic amines) is 1. The Bertz CT molecular complexity index is 860. The maximum Gasteiger partial charge on any atom is 0.260 e. The van der Waals surface area contributed by atoms with E-state index in [9.17, 15) is 14.0 Å². The molecule has 1 saturated heterocycles. The molecule has 148 valence electrons. The average molecular weight is 384 g/mol. The monoisotopic (exact) mass is 384 g/mol. The van der Waals surface area contributed by atoms with E-state index in [1.54, 1.807) is 61.2 Å². The summed E-state index contributed by atoms with van der Waals surface area (Å²) in [6, 6.07) is 13.1. The fraction of sp³-hybridized carbons (Fsp3) is 0.364. The van der Waals surface area contributed by atoms with Crippen molar-refractivity contribution in [3.05, 3.63) is 59.9 Å². The topological polar surface area (TPSA) is 58.6 Å². The summed E-state index contributed by atoms with van der Waals surface area (Å²) in [6.07, 6.45) is 2.07. The van der Waals surface area contributed by atoms with Crippen LogP contribution in [-0.4, -0.2) is 36.4 Å². The molecule has 5 nitrogen and oxygen atoms in total. The van der Waals surface area contributed by atoms with E-state index < -0.39 is 11.2 Å². The highest BCUT2D eigenvalue weighted by Gasteiger charge is 2.32. The Hall–Kier alpha value is -2.89. The molecule has 0 unspecified atom stereocenters. The van der Waals surface area contributed by atoms with Gasteiger partial charge in [-0.2, -0.15) is 0 Å². The highest BCUT2D eigenvalue weighted by atomic mass is 19.1. The molecular formula is C22H25FN2O3. The molecule has 2 amide bonds. The summed E-state index contributed by atoms with van der Waals surface area (Å²) in [6.45, 7) is 4.89. The summed E-state index contributed by atoms with van der Waals surface area (Å²) in [5, 5.41) is 2.81. The standard InChI is InChI=1S/C22H25FN2O3/c1-22(2,18-10-3-4-11-19(18)23)21(27)24-16-8-7-9-17(14-16)28-15-20(26)25-12-5-6-13-25/h3-4,7-11,14H,5-6,12-13,15H2,1-2H3,(H,24,27). The Balaban J connectivity index is 1.64. The second-order valence-corrected chi connectivity index (χ2v) is 7.46. The third-order valence-corrected chi connectivity index (χ3v) is 5.03. The average Bonchev–Trinajstić information content (AvgIpc) is 3.21. The van der Waals surface area contributed by atoms with Crippen molar-refractivity contribution in [3.63, 3.8) is 0 Å². The number of carbonyl (C=O) groups is 2. The first-order valence-corrected chi connectivity index (χ1v) is 9.45.